The molecule has 0 aromatic heterocycles. The first kappa shape index (κ1) is 63.4. The first-order valence-electron chi connectivity index (χ1n) is 28.4. The number of phenolic OH excluding ortho intramolecular Hbond substituents is 6. The fraction of sp³-hybridized carbons (Fsp3) is 0.219. The van der Waals surface area contributed by atoms with Crippen molar-refractivity contribution in [3.63, 3.8) is 0 Å². The topological polar surface area (TPSA) is 411 Å². The van der Waals surface area contributed by atoms with Crippen LogP contribution >= 0.6 is 23.2 Å². The van der Waals surface area contributed by atoms with E-state index in [1.807, 2.05) is 0 Å². The highest BCUT2D eigenvalue weighted by Gasteiger charge is 2.42. The van der Waals surface area contributed by atoms with Crippen molar-refractivity contribution in [3.8, 4) is 80.1 Å². The molecule has 6 aliphatic heterocycles. The first-order valence-corrected chi connectivity index (χ1v) is 29.1. The second-order valence-electron chi connectivity index (χ2n) is 23.0. The minimum Gasteiger partial charge on any atom is -0.508 e. The molecule has 13 rings (SSSR count). The molecule has 8 atom stereocenters. The maximum absolute atomic E-state index is 15.9. The number of hydrogen-bond acceptors (Lipinski definition) is 19. The Labute approximate surface area is 536 Å². The van der Waals surface area contributed by atoms with E-state index in [1.54, 1.807) is 20.8 Å². The van der Waals surface area contributed by atoms with Gasteiger partial charge in [-0.3, -0.25) is 33.6 Å². The van der Waals surface area contributed by atoms with E-state index in [-0.39, 0.29) is 83.1 Å². The van der Waals surface area contributed by atoms with Gasteiger partial charge in [0.25, 0.3) is 0 Å². The number of halogens is 2. The average Bonchev–Trinajstić information content (AvgIpc) is 0.787. The summed E-state index contributed by atoms with van der Waals surface area (Å²) < 4.78 is 24.1. The Morgan fingerprint density at radius 2 is 1.12 bits per heavy atom. The Morgan fingerprint density at radius 3 is 1.77 bits per heavy atom. The highest BCUT2D eigenvalue weighted by molar-refractivity contribution is 6.32. The minimum atomic E-state index is -2.19. The van der Waals surface area contributed by atoms with E-state index in [0.29, 0.717) is 0 Å². The molecule has 0 spiro atoms. The van der Waals surface area contributed by atoms with Crippen LogP contribution in [0.5, 0.6) is 69.0 Å². The SMILES string of the molecule is CNC(=O)[C@@H]1NC(=O)[C@H]2NC(=O)[C@H](NC(=O)[C@@H]3NC(=O)[C@H]4NC(=O)[C@@H](Cc5ccc(c(Cl)c5)Oc5cc3cc(c5O)Oc3ccc(cc3Cl)[C@H]2O)NC(=O)[C@@H](NC(=O)OC(C)(C)C)c2ccc(O)c(c2)Oc2cc(O)cc4c2)c2ccc(O)c(c2)-c2c(O)cc(O)cc21. The van der Waals surface area contributed by atoms with E-state index in [2.05, 4.69) is 42.5 Å². The fourth-order valence-corrected chi connectivity index (χ4v) is 11.4. The number of nitrogens with one attached hydrogen (secondary N) is 8. The smallest absolute Gasteiger partial charge is 0.408 e. The van der Waals surface area contributed by atoms with Crippen molar-refractivity contribution in [1.82, 2.24) is 42.5 Å². The number of hydrogen-bond donors (Lipinski definition) is 15. The molecule has 0 saturated carbocycles. The average molecular weight is 1310 g/mol. The number of aliphatic hydroxyl groups is 1. The monoisotopic (exact) mass is 1310 g/mol. The number of amides is 8. The van der Waals surface area contributed by atoms with Crippen LogP contribution in [-0.4, -0.2) is 108 Å². The molecule has 6 aliphatic rings. The summed E-state index contributed by atoms with van der Waals surface area (Å²) >= 11 is 13.8. The maximum atomic E-state index is 15.9. The van der Waals surface area contributed by atoms with Crippen molar-refractivity contribution in [2.75, 3.05) is 7.05 Å². The Hall–Kier alpha value is -11.2. The van der Waals surface area contributed by atoms with E-state index < -0.39 is 154 Å². The lowest BCUT2D eigenvalue weighted by molar-refractivity contribution is -0.137. The molecule has 29 heteroatoms. The van der Waals surface area contributed by atoms with Crippen LogP contribution < -0.4 is 56.7 Å². The van der Waals surface area contributed by atoms with Gasteiger partial charge in [-0.15, -0.1) is 0 Å². The molecular formula is C64H56Cl2N8O19. The number of aromatic hydroxyl groups is 6. The third kappa shape index (κ3) is 13.1. The number of carbonyl (C=O) groups is 8. The summed E-state index contributed by atoms with van der Waals surface area (Å²) in [6, 6.07) is 8.32. The van der Waals surface area contributed by atoms with Crippen molar-refractivity contribution < 1.29 is 93.0 Å². The summed E-state index contributed by atoms with van der Waals surface area (Å²) in [5.74, 6) is -14.2. The molecule has 6 heterocycles. The largest absolute Gasteiger partial charge is 0.508 e. The number of fused-ring (bicyclic) bond motifs is 14. The molecule has 93 heavy (non-hydrogen) atoms. The van der Waals surface area contributed by atoms with Gasteiger partial charge in [-0.2, -0.15) is 0 Å². The summed E-state index contributed by atoms with van der Waals surface area (Å²) in [7, 11) is 1.21. The van der Waals surface area contributed by atoms with Gasteiger partial charge in [0.1, 0.15) is 94.2 Å². The molecule has 7 aromatic rings. The summed E-state index contributed by atoms with van der Waals surface area (Å²) in [6.07, 6.45) is -3.59. The number of rotatable bonds is 2. The van der Waals surface area contributed by atoms with Gasteiger partial charge in [0.05, 0.1) is 10.0 Å². The number of alkyl carbamates (subject to hydrolysis) is 1. The molecule has 480 valence electrons. The van der Waals surface area contributed by atoms with Gasteiger partial charge in [-0.1, -0.05) is 47.5 Å². The summed E-state index contributed by atoms with van der Waals surface area (Å²) in [5.41, 5.74) is -2.85. The van der Waals surface area contributed by atoms with E-state index in [4.69, 9.17) is 42.1 Å². The number of benzene rings is 7. The summed E-state index contributed by atoms with van der Waals surface area (Å²) in [5, 5.41) is 101. The molecule has 0 unspecified atom stereocenters. The van der Waals surface area contributed by atoms with Crippen molar-refractivity contribution >= 4 is 70.6 Å². The summed E-state index contributed by atoms with van der Waals surface area (Å²) in [4.78, 5) is 119. The second-order valence-corrected chi connectivity index (χ2v) is 23.8. The minimum absolute atomic E-state index is 0.00277. The number of phenols is 6. The predicted octanol–water partition coefficient (Wildman–Crippen LogP) is 6.21. The number of likely N-dealkylation sites (N-methyl/N-ethyl adjacent to an activating group) is 1. The normalized spacial score (nSPS) is 21.2. The van der Waals surface area contributed by atoms with Crippen molar-refractivity contribution in [2.45, 2.75) is 81.2 Å². The highest BCUT2D eigenvalue weighted by Crippen LogP contribution is 2.48. The van der Waals surface area contributed by atoms with Gasteiger partial charge in [-0.05, 0) is 139 Å². The van der Waals surface area contributed by atoms with Crippen LogP contribution in [0.1, 0.15) is 96.0 Å². The van der Waals surface area contributed by atoms with Gasteiger partial charge >= 0.3 is 6.09 Å². The third-order valence-electron chi connectivity index (χ3n) is 15.3. The number of aliphatic hydroxyl groups excluding tert-OH is 1. The zero-order chi connectivity index (χ0) is 66.6. The van der Waals surface area contributed by atoms with Crippen LogP contribution in [0, 0.1) is 0 Å². The quantitative estimate of drug-likeness (QED) is 0.0914. The lowest BCUT2D eigenvalue weighted by Gasteiger charge is -2.31. The Balaban J connectivity index is 1.13. The van der Waals surface area contributed by atoms with Crippen LogP contribution in [0.15, 0.2) is 115 Å². The van der Waals surface area contributed by atoms with E-state index in [9.17, 15) is 54.9 Å². The molecule has 0 aliphatic carbocycles. The zero-order valence-electron chi connectivity index (χ0n) is 49.1. The lowest BCUT2D eigenvalue weighted by atomic mass is 9.89. The second kappa shape index (κ2) is 24.9. The van der Waals surface area contributed by atoms with Crippen LogP contribution in [-0.2, 0) is 44.7 Å². The molecule has 17 bridgehead atoms. The standard InChI is InChI=1S/C64H56Cl2N8O19/c1-64(2,3)93-63(89)74-49-27-7-10-40(78)44(19-27)90-33-16-29(15-31(75)22-33)50-60(86)71-51-30-20-45(91-42-11-5-25(13-36(42)65)14-38(56(82)69-50)68-58(49)84)55(81)46(21-30)92-43-12-8-28(18-37(43)66)54(80)53-62(88)72-52(57(83)67-4)35-23-32(76)24-41(79)47(35)34-17-26(6-9-39(34)77)48(59(85)73-53)70-61(51)87/h5-13,15-24,38,48-54,75-81H,14H2,1-4H3,(H,67,83)(H,68,84)(H,69,82)(H,70,87)(H,71,86)(H,72,88)(H,73,85)(H,74,89)/t38-,48-,49+,50+,51-,52-,53+,54-/m1/s1. The van der Waals surface area contributed by atoms with E-state index >= 15 is 19.2 Å². The number of carbonyl (C=O) groups excluding carboxylic acids is 8. The van der Waals surface area contributed by atoms with Crippen molar-refractivity contribution in [2.24, 2.45) is 0 Å². The maximum Gasteiger partial charge on any atom is 0.408 e. The molecule has 0 saturated heterocycles. The van der Waals surface area contributed by atoms with Crippen LogP contribution in [0.4, 0.5) is 4.79 Å². The van der Waals surface area contributed by atoms with Gasteiger partial charge < -0.3 is 97.2 Å². The number of ether oxygens (including phenoxy) is 4. The van der Waals surface area contributed by atoms with E-state index in [1.165, 1.54) is 55.6 Å². The van der Waals surface area contributed by atoms with Crippen molar-refractivity contribution in [1.29, 1.82) is 0 Å². The molecular weight excluding hydrogens is 1260 g/mol. The van der Waals surface area contributed by atoms with Gasteiger partial charge in [0.2, 0.25) is 47.1 Å². The van der Waals surface area contributed by atoms with Crippen LogP contribution in [0.2, 0.25) is 10.0 Å². The van der Waals surface area contributed by atoms with Crippen LogP contribution in [0.25, 0.3) is 11.1 Å². The Bertz CT molecular complexity index is 4310. The van der Waals surface area contributed by atoms with Gasteiger partial charge in [0, 0.05) is 36.7 Å². The molecule has 0 fully saturated rings. The zero-order valence-corrected chi connectivity index (χ0v) is 50.6. The highest BCUT2D eigenvalue weighted by atomic mass is 35.5. The Kier molecular flexibility index (Phi) is 17.0. The first-order chi connectivity index (χ1) is 44.1. The summed E-state index contributed by atoms with van der Waals surface area (Å²) in [6.45, 7) is 4.73. The predicted molar refractivity (Wildman–Crippen MR) is 327 cm³/mol. The molecule has 27 nitrogen and oxygen atoms in total. The molecule has 15 N–H and O–H groups in total. The van der Waals surface area contributed by atoms with Crippen LogP contribution in [0.3, 0.4) is 0 Å². The van der Waals surface area contributed by atoms with Crippen molar-refractivity contribution in [3.05, 3.63) is 164 Å². The molecule has 7 aromatic carbocycles. The third-order valence-corrected chi connectivity index (χ3v) is 15.9. The fourth-order valence-electron chi connectivity index (χ4n) is 10.9. The van der Waals surface area contributed by atoms with Gasteiger partial charge in [0.15, 0.2) is 23.0 Å². The molecule has 0 radical (unpaired) electrons. The van der Waals surface area contributed by atoms with E-state index in [0.717, 1.165) is 66.7 Å². The molecule has 8 amide bonds. The van der Waals surface area contributed by atoms with Gasteiger partial charge in [-0.25, -0.2) is 4.79 Å². The lowest BCUT2D eigenvalue weighted by Crippen LogP contribution is -2.56. The Morgan fingerprint density at radius 1 is 0.538 bits per heavy atom.